The maximum Gasteiger partial charge on any atom is 0.115 e. The Hall–Kier alpha value is -0.110. The Labute approximate surface area is 92.0 Å². The fraction of sp³-hybridized carbons (Fsp3) is 1.00. The van der Waals surface area contributed by atoms with Gasteiger partial charge in [0.2, 0.25) is 0 Å². The summed E-state index contributed by atoms with van der Waals surface area (Å²) in [5.41, 5.74) is 0.263. The lowest BCUT2D eigenvalue weighted by molar-refractivity contribution is 0.123. The summed E-state index contributed by atoms with van der Waals surface area (Å²) in [6.07, 6.45) is 8.22. The van der Waals surface area contributed by atoms with E-state index in [1.54, 1.807) is 0 Å². The molecular formula is C13H22FN. The van der Waals surface area contributed by atoms with Crippen molar-refractivity contribution in [3.8, 4) is 0 Å². The summed E-state index contributed by atoms with van der Waals surface area (Å²) in [7, 11) is 0. The van der Waals surface area contributed by atoms with Crippen LogP contribution in [0.5, 0.6) is 0 Å². The van der Waals surface area contributed by atoms with Crippen LogP contribution in [0.2, 0.25) is 0 Å². The maximum absolute atomic E-state index is 13.6. The summed E-state index contributed by atoms with van der Waals surface area (Å²) >= 11 is 0. The molecule has 86 valence electrons. The highest BCUT2D eigenvalue weighted by Crippen LogP contribution is 2.52. The highest BCUT2D eigenvalue weighted by atomic mass is 19.1. The van der Waals surface area contributed by atoms with Gasteiger partial charge in [0, 0.05) is 18.1 Å². The van der Waals surface area contributed by atoms with Crippen molar-refractivity contribution in [2.45, 2.75) is 69.6 Å². The predicted octanol–water partition coefficient (Wildman–Crippen LogP) is 3.14. The average Bonchev–Trinajstić information content (AvgIpc) is 2.70. The van der Waals surface area contributed by atoms with Gasteiger partial charge in [0.25, 0.3) is 0 Å². The first kappa shape index (κ1) is 10.1. The molecule has 0 amide bonds. The second kappa shape index (κ2) is 3.44. The van der Waals surface area contributed by atoms with Crippen LogP contribution in [-0.2, 0) is 0 Å². The molecule has 0 aromatic rings. The van der Waals surface area contributed by atoms with Gasteiger partial charge in [-0.15, -0.1) is 0 Å². The van der Waals surface area contributed by atoms with Gasteiger partial charge in [-0.05, 0) is 38.0 Å². The van der Waals surface area contributed by atoms with Crippen LogP contribution in [0.3, 0.4) is 0 Å². The van der Waals surface area contributed by atoms with Gasteiger partial charge in [-0.2, -0.15) is 0 Å². The highest BCUT2D eigenvalue weighted by Gasteiger charge is 2.55. The van der Waals surface area contributed by atoms with Gasteiger partial charge in [-0.25, -0.2) is 4.39 Å². The first-order valence-electron chi connectivity index (χ1n) is 6.66. The Morgan fingerprint density at radius 2 is 2.07 bits per heavy atom. The van der Waals surface area contributed by atoms with Crippen LogP contribution in [-0.4, -0.2) is 29.2 Å². The predicted molar refractivity (Wildman–Crippen MR) is 59.6 cm³/mol. The zero-order valence-electron chi connectivity index (χ0n) is 9.71. The van der Waals surface area contributed by atoms with E-state index in [9.17, 15) is 4.39 Å². The largest absolute Gasteiger partial charge is 0.291 e. The minimum atomic E-state index is -0.548. The number of alkyl halides is 1. The quantitative estimate of drug-likeness (QED) is 0.644. The number of hydrogen-bond donors (Lipinski definition) is 0. The molecule has 0 aromatic heterocycles. The Bertz CT molecular complexity index is 255. The van der Waals surface area contributed by atoms with E-state index in [0.29, 0.717) is 0 Å². The van der Waals surface area contributed by atoms with Gasteiger partial charge in [0.15, 0.2) is 0 Å². The van der Waals surface area contributed by atoms with E-state index in [0.717, 1.165) is 31.3 Å². The summed E-state index contributed by atoms with van der Waals surface area (Å²) in [4.78, 5) is 2.56. The number of rotatable bonds is 1. The van der Waals surface area contributed by atoms with Gasteiger partial charge in [0.05, 0.1) is 0 Å². The van der Waals surface area contributed by atoms with Crippen LogP contribution >= 0.6 is 0 Å². The Kier molecular flexibility index (Phi) is 2.31. The molecule has 2 heterocycles. The monoisotopic (exact) mass is 211 g/mol. The van der Waals surface area contributed by atoms with Crippen molar-refractivity contribution in [1.29, 1.82) is 0 Å². The molecule has 4 atom stereocenters. The smallest absolute Gasteiger partial charge is 0.115 e. The third kappa shape index (κ3) is 1.37. The standard InChI is InChI=1S/C13H22FN/c1-2-13-7-10-5-3-4-6-12(10)15(13)9-11(14)8-13/h10-12H,2-9H2,1H3/t10-,11-,12-,13+/m1/s1. The van der Waals surface area contributed by atoms with Crippen LogP contribution in [0.15, 0.2) is 0 Å². The molecular weight excluding hydrogens is 189 g/mol. The van der Waals surface area contributed by atoms with Crippen molar-refractivity contribution in [1.82, 2.24) is 4.90 Å². The van der Waals surface area contributed by atoms with Crippen LogP contribution in [0.4, 0.5) is 4.39 Å². The van der Waals surface area contributed by atoms with Crippen LogP contribution in [0.1, 0.15) is 51.9 Å². The number of halogens is 1. The van der Waals surface area contributed by atoms with Crippen molar-refractivity contribution in [2.75, 3.05) is 6.54 Å². The fourth-order valence-corrected chi connectivity index (χ4v) is 4.51. The van der Waals surface area contributed by atoms with E-state index >= 15 is 0 Å². The molecule has 0 unspecified atom stereocenters. The Morgan fingerprint density at radius 3 is 2.87 bits per heavy atom. The normalized spacial score (nSPS) is 50.4. The van der Waals surface area contributed by atoms with Gasteiger partial charge in [-0.3, -0.25) is 4.90 Å². The van der Waals surface area contributed by atoms with Crippen molar-refractivity contribution >= 4 is 0 Å². The van der Waals surface area contributed by atoms with E-state index in [4.69, 9.17) is 0 Å². The summed E-state index contributed by atoms with van der Waals surface area (Å²) in [6, 6.07) is 0.736. The molecule has 2 saturated heterocycles. The summed E-state index contributed by atoms with van der Waals surface area (Å²) in [5, 5.41) is 0. The van der Waals surface area contributed by atoms with Crippen LogP contribution in [0.25, 0.3) is 0 Å². The van der Waals surface area contributed by atoms with E-state index in [1.165, 1.54) is 32.1 Å². The fourth-order valence-electron chi connectivity index (χ4n) is 4.51. The zero-order valence-corrected chi connectivity index (χ0v) is 9.71. The van der Waals surface area contributed by atoms with Crippen LogP contribution in [0, 0.1) is 5.92 Å². The number of fused-ring (bicyclic) bond motifs is 3. The van der Waals surface area contributed by atoms with E-state index in [-0.39, 0.29) is 5.54 Å². The minimum Gasteiger partial charge on any atom is -0.291 e. The molecule has 15 heavy (non-hydrogen) atoms. The highest BCUT2D eigenvalue weighted by molar-refractivity contribution is 5.10. The molecule has 1 nitrogen and oxygen atoms in total. The maximum atomic E-state index is 13.6. The minimum absolute atomic E-state index is 0.263. The average molecular weight is 211 g/mol. The molecule has 3 rings (SSSR count). The van der Waals surface area contributed by atoms with Crippen molar-refractivity contribution in [3.05, 3.63) is 0 Å². The van der Waals surface area contributed by atoms with Crippen LogP contribution < -0.4 is 0 Å². The lowest BCUT2D eigenvalue weighted by Gasteiger charge is -2.35. The Balaban J connectivity index is 1.86. The van der Waals surface area contributed by atoms with Crippen molar-refractivity contribution in [2.24, 2.45) is 5.92 Å². The van der Waals surface area contributed by atoms with Gasteiger partial charge < -0.3 is 0 Å². The van der Waals surface area contributed by atoms with E-state index in [2.05, 4.69) is 11.8 Å². The van der Waals surface area contributed by atoms with Gasteiger partial charge in [-0.1, -0.05) is 19.8 Å². The summed E-state index contributed by atoms with van der Waals surface area (Å²) in [5.74, 6) is 0.895. The van der Waals surface area contributed by atoms with Gasteiger partial charge in [0.1, 0.15) is 6.17 Å². The second-order valence-electron chi connectivity index (χ2n) is 5.85. The molecule has 2 aliphatic heterocycles. The lowest BCUT2D eigenvalue weighted by atomic mass is 9.80. The second-order valence-corrected chi connectivity index (χ2v) is 5.85. The first-order chi connectivity index (χ1) is 7.25. The van der Waals surface area contributed by atoms with Crippen molar-refractivity contribution < 1.29 is 4.39 Å². The third-order valence-electron chi connectivity index (χ3n) is 5.18. The molecule has 0 bridgehead atoms. The molecule has 0 N–H and O–H groups in total. The lowest BCUT2D eigenvalue weighted by Crippen LogP contribution is -2.42. The zero-order chi connectivity index (χ0) is 10.5. The molecule has 2 heteroatoms. The molecule has 0 spiro atoms. The summed E-state index contributed by atoms with van der Waals surface area (Å²) in [6.45, 7) is 2.98. The Morgan fingerprint density at radius 1 is 1.27 bits per heavy atom. The SMILES string of the molecule is CC[C@]12C[C@@H](F)CN1[C@@H]1CCCC[C@@H]1C2. The molecule has 0 aromatic carbocycles. The van der Waals surface area contributed by atoms with Crippen molar-refractivity contribution in [3.63, 3.8) is 0 Å². The molecule has 1 aliphatic carbocycles. The summed E-state index contributed by atoms with van der Waals surface area (Å²) < 4.78 is 13.6. The first-order valence-corrected chi connectivity index (χ1v) is 6.66. The van der Waals surface area contributed by atoms with Gasteiger partial charge >= 0.3 is 0 Å². The third-order valence-corrected chi connectivity index (χ3v) is 5.18. The molecule has 3 aliphatic rings. The topological polar surface area (TPSA) is 3.24 Å². The van der Waals surface area contributed by atoms with E-state index < -0.39 is 6.17 Å². The molecule has 1 saturated carbocycles. The van der Waals surface area contributed by atoms with E-state index in [1.807, 2.05) is 0 Å². The molecule has 0 radical (unpaired) electrons. The number of hydrogen-bond acceptors (Lipinski definition) is 1. The molecule has 3 fully saturated rings. The number of nitrogens with zero attached hydrogens (tertiary/aromatic N) is 1.